The minimum atomic E-state index is -0.807. The van der Waals surface area contributed by atoms with Crippen LogP contribution in [-0.2, 0) is 13.0 Å². The summed E-state index contributed by atoms with van der Waals surface area (Å²) in [5.74, 6) is -0.343. The number of aryl methyl sites for hydroxylation is 1. The summed E-state index contributed by atoms with van der Waals surface area (Å²) in [7, 11) is 0. The van der Waals surface area contributed by atoms with Gasteiger partial charge in [-0.3, -0.25) is 0 Å². The van der Waals surface area contributed by atoms with Gasteiger partial charge in [0.1, 0.15) is 18.2 Å². The van der Waals surface area contributed by atoms with Crippen molar-refractivity contribution in [2.45, 2.75) is 84.2 Å². The molecule has 0 saturated heterocycles. The van der Waals surface area contributed by atoms with Crippen LogP contribution in [0.1, 0.15) is 87.8 Å². The Labute approximate surface area is 213 Å². The van der Waals surface area contributed by atoms with Crippen LogP contribution in [-0.4, -0.2) is 0 Å². The first-order chi connectivity index (χ1) is 17.5. The van der Waals surface area contributed by atoms with Gasteiger partial charge in [0.15, 0.2) is 11.6 Å². The summed E-state index contributed by atoms with van der Waals surface area (Å²) in [5, 5.41) is 0. The first kappa shape index (κ1) is 26.3. The Bertz CT molecular complexity index is 1130. The molecular weight excluding hydrogens is 457 g/mol. The maximum absolute atomic E-state index is 14.9. The molecule has 1 aliphatic rings. The van der Waals surface area contributed by atoms with Crippen LogP contribution >= 0.6 is 0 Å². The highest BCUT2D eigenvalue weighted by Gasteiger charge is 2.26. The van der Waals surface area contributed by atoms with Crippen LogP contribution in [0.2, 0.25) is 0 Å². The highest BCUT2D eigenvalue weighted by Crippen LogP contribution is 2.39. The summed E-state index contributed by atoms with van der Waals surface area (Å²) in [6.45, 7) is 4.24. The Hall–Kier alpha value is -2.75. The van der Waals surface area contributed by atoms with Crippen molar-refractivity contribution in [3.63, 3.8) is 0 Å². The lowest BCUT2D eigenvalue weighted by Gasteiger charge is -2.29. The number of ether oxygens (including phenoxy) is 1. The highest BCUT2D eigenvalue weighted by molar-refractivity contribution is 5.64. The van der Waals surface area contributed by atoms with E-state index in [-0.39, 0.29) is 23.9 Å². The summed E-state index contributed by atoms with van der Waals surface area (Å²) in [4.78, 5) is 0. The predicted molar refractivity (Wildman–Crippen MR) is 141 cm³/mol. The molecule has 36 heavy (non-hydrogen) atoms. The van der Waals surface area contributed by atoms with E-state index in [9.17, 15) is 13.2 Å². The van der Waals surface area contributed by atoms with Gasteiger partial charge >= 0.3 is 0 Å². The lowest BCUT2D eigenvalue weighted by atomic mass is 9.77. The zero-order valence-corrected chi connectivity index (χ0v) is 21.5. The molecule has 0 N–H and O–H groups in total. The SMILES string of the molecule is CCCCc1ccc(-c2ccc(OCc3ccc(C4CCC(CCC)CC4)c(F)c3F)cc2)cc1F. The van der Waals surface area contributed by atoms with Crippen molar-refractivity contribution < 1.29 is 17.9 Å². The molecule has 1 fully saturated rings. The number of rotatable bonds is 10. The molecule has 4 rings (SSSR count). The Balaban J connectivity index is 1.37. The Kier molecular flexibility index (Phi) is 9.12. The van der Waals surface area contributed by atoms with Crippen LogP contribution in [0.4, 0.5) is 13.2 Å². The first-order valence-electron chi connectivity index (χ1n) is 13.5. The van der Waals surface area contributed by atoms with Gasteiger partial charge in [0, 0.05) is 5.56 Å². The molecule has 3 aromatic rings. The van der Waals surface area contributed by atoms with E-state index in [1.54, 1.807) is 30.3 Å². The number of unbranched alkanes of at least 4 members (excludes halogenated alkanes) is 1. The molecule has 3 aromatic carbocycles. The second-order valence-electron chi connectivity index (χ2n) is 10.2. The number of hydrogen-bond donors (Lipinski definition) is 0. The van der Waals surface area contributed by atoms with E-state index in [4.69, 9.17) is 4.74 Å². The molecular formula is C32H37F3O. The molecule has 0 aliphatic heterocycles. The zero-order chi connectivity index (χ0) is 25.5. The van der Waals surface area contributed by atoms with E-state index >= 15 is 0 Å². The molecule has 4 heteroatoms. The lowest BCUT2D eigenvalue weighted by molar-refractivity contribution is 0.292. The zero-order valence-electron chi connectivity index (χ0n) is 21.5. The molecule has 0 heterocycles. The van der Waals surface area contributed by atoms with Crippen molar-refractivity contribution >= 4 is 0 Å². The summed E-state index contributed by atoms with van der Waals surface area (Å²) in [6.07, 6.45) is 9.19. The maximum atomic E-state index is 14.9. The quantitative estimate of drug-likeness (QED) is 0.272. The first-order valence-corrected chi connectivity index (χ1v) is 13.5. The third-order valence-corrected chi connectivity index (χ3v) is 7.61. The topological polar surface area (TPSA) is 9.23 Å². The van der Waals surface area contributed by atoms with Gasteiger partial charge in [-0.15, -0.1) is 0 Å². The lowest BCUT2D eigenvalue weighted by Crippen LogP contribution is -2.15. The van der Waals surface area contributed by atoms with Crippen LogP contribution < -0.4 is 4.74 Å². The standard InChI is InChI=1S/C32H37F3O/c1-3-5-7-25-12-13-26(20-30(25)33)23-14-17-28(18-15-23)36-21-27-16-19-29(32(35)31(27)34)24-10-8-22(6-4-2)9-11-24/h12-20,22,24H,3-11,21H2,1-2H3. The van der Waals surface area contributed by atoms with E-state index in [1.807, 2.05) is 24.3 Å². The van der Waals surface area contributed by atoms with Crippen molar-refractivity contribution in [1.29, 1.82) is 0 Å². The number of hydrogen-bond acceptors (Lipinski definition) is 1. The van der Waals surface area contributed by atoms with Crippen LogP contribution in [0.15, 0.2) is 54.6 Å². The number of halogens is 3. The van der Waals surface area contributed by atoms with Crippen molar-refractivity contribution in [2.24, 2.45) is 5.92 Å². The van der Waals surface area contributed by atoms with Gasteiger partial charge in [-0.2, -0.15) is 0 Å². The van der Waals surface area contributed by atoms with Crippen LogP contribution in [0.3, 0.4) is 0 Å². The van der Waals surface area contributed by atoms with Crippen LogP contribution in [0, 0.1) is 23.4 Å². The van der Waals surface area contributed by atoms with Gasteiger partial charge in [-0.25, -0.2) is 13.2 Å². The van der Waals surface area contributed by atoms with Gasteiger partial charge in [-0.1, -0.05) is 69.5 Å². The molecule has 0 amide bonds. The molecule has 0 bridgehead atoms. The van der Waals surface area contributed by atoms with Crippen LogP contribution in [0.5, 0.6) is 5.75 Å². The van der Waals surface area contributed by atoms with E-state index in [0.29, 0.717) is 11.3 Å². The van der Waals surface area contributed by atoms with Crippen molar-refractivity contribution in [3.8, 4) is 16.9 Å². The van der Waals surface area contributed by atoms with Gasteiger partial charge in [0.25, 0.3) is 0 Å². The summed E-state index contributed by atoms with van der Waals surface area (Å²) >= 11 is 0. The van der Waals surface area contributed by atoms with Crippen molar-refractivity contribution in [2.75, 3.05) is 0 Å². The summed E-state index contributed by atoms with van der Waals surface area (Å²) in [5.41, 5.74) is 3.13. The molecule has 0 radical (unpaired) electrons. The fraction of sp³-hybridized carbons (Fsp3) is 0.438. The fourth-order valence-corrected chi connectivity index (χ4v) is 5.40. The maximum Gasteiger partial charge on any atom is 0.165 e. The van der Waals surface area contributed by atoms with Gasteiger partial charge in [-0.05, 0) is 90.8 Å². The van der Waals surface area contributed by atoms with Crippen LogP contribution in [0.25, 0.3) is 11.1 Å². The smallest absolute Gasteiger partial charge is 0.165 e. The second kappa shape index (κ2) is 12.5. The second-order valence-corrected chi connectivity index (χ2v) is 10.2. The van der Waals surface area contributed by atoms with E-state index in [2.05, 4.69) is 13.8 Å². The number of benzene rings is 3. The molecule has 0 aromatic heterocycles. The Morgan fingerprint density at radius 1 is 0.750 bits per heavy atom. The largest absolute Gasteiger partial charge is 0.489 e. The predicted octanol–water partition coefficient (Wildman–Crippen LogP) is 9.77. The van der Waals surface area contributed by atoms with Crippen molar-refractivity contribution in [3.05, 3.63) is 88.7 Å². The van der Waals surface area contributed by atoms with E-state index in [0.717, 1.165) is 67.6 Å². The summed E-state index contributed by atoms with van der Waals surface area (Å²) < 4.78 is 50.0. The molecule has 0 unspecified atom stereocenters. The third kappa shape index (κ3) is 6.32. The molecule has 0 spiro atoms. The molecule has 1 nitrogen and oxygen atoms in total. The highest BCUT2D eigenvalue weighted by atomic mass is 19.2. The average Bonchev–Trinajstić information content (AvgIpc) is 2.90. The monoisotopic (exact) mass is 494 g/mol. The molecule has 1 aliphatic carbocycles. The van der Waals surface area contributed by atoms with Gasteiger partial charge in [0.05, 0.1) is 0 Å². The van der Waals surface area contributed by atoms with Crippen molar-refractivity contribution in [1.82, 2.24) is 0 Å². The fourth-order valence-electron chi connectivity index (χ4n) is 5.40. The molecule has 192 valence electrons. The third-order valence-electron chi connectivity index (χ3n) is 7.61. The van der Waals surface area contributed by atoms with Gasteiger partial charge in [0.2, 0.25) is 0 Å². The minimum absolute atomic E-state index is 0.0492. The molecule has 1 saturated carbocycles. The Morgan fingerprint density at radius 3 is 2.11 bits per heavy atom. The van der Waals surface area contributed by atoms with Gasteiger partial charge < -0.3 is 4.74 Å². The normalized spacial score (nSPS) is 17.8. The Morgan fingerprint density at radius 2 is 1.44 bits per heavy atom. The van der Waals surface area contributed by atoms with E-state index < -0.39 is 11.6 Å². The average molecular weight is 495 g/mol. The molecule has 0 atom stereocenters. The summed E-state index contributed by atoms with van der Waals surface area (Å²) in [6, 6.07) is 16.0. The van der Waals surface area contributed by atoms with E-state index in [1.165, 1.54) is 12.8 Å². The minimum Gasteiger partial charge on any atom is -0.489 e.